The van der Waals surface area contributed by atoms with Gasteiger partial charge in [0.2, 0.25) is 6.23 Å². The first-order valence-corrected chi connectivity index (χ1v) is 13.6. The Morgan fingerprint density at radius 3 is 2.19 bits per heavy atom. The van der Waals surface area contributed by atoms with Crippen LogP contribution >= 0.6 is 0 Å². The lowest BCUT2D eigenvalue weighted by atomic mass is 9.79. The summed E-state index contributed by atoms with van der Waals surface area (Å²) in [6.45, 7) is 4.37. The Morgan fingerprint density at radius 1 is 0.917 bits per heavy atom. The Bertz CT molecular complexity index is 915. The Balaban J connectivity index is 0.00000304. The molecule has 6 rings (SSSR count). The van der Waals surface area contributed by atoms with E-state index in [9.17, 15) is 5.11 Å². The van der Waals surface area contributed by atoms with Gasteiger partial charge in [-0.05, 0) is 36.5 Å². The summed E-state index contributed by atoms with van der Waals surface area (Å²) in [5.74, 6) is 1.69. The maximum absolute atomic E-state index is 12.0. The Kier molecular flexibility index (Phi) is 9.51. The van der Waals surface area contributed by atoms with E-state index >= 15 is 0 Å². The summed E-state index contributed by atoms with van der Waals surface area (Å²) in [5.41, 5.74) is 0.0558. The van der Waals surface area contributed by atoms with Crippen molar-refractivity contribution in [2.75, 3.05) is 40.0 Å². The standard InChI is InChI=1S/C30H42NO4.BrH/c1-33-29-28(35-23-30(32,26-13-8-9-14-26)25-11-4-2-5-12-25)24-17-20-31(29,21-18-24)19-10-22-34-27-15-6-3-7-16-27;/h2-7,11-12,15-16,24,26,28-29,32H,8-10,13-14,17-23H2,1H3;1H/q+1;/p-1. The molecule has 36 heavy (non-hydrogen) atoms. The minimum absolute atomic E-state index is 0. The fraction of sp³-hybridized carbons (Fsp3) is 0.600. The lowest BCUT2D eigenvalue weighted by Gasteiger charge is -2.57. The van der Waals surface area contributed by atoms with Crippen LogP contribution in [0.3, 0.4) is 0 Å². The molecular weight excluding hydrogens is 518 g/mol. The van der Waals surface area contributed by atoms with Gasteiger partial charge in [-0.1, -0.05) is 61.4 Å². The number of rotatable bonds is 11. The number of hydrogen-bond donors (Lipinski definition) is 1. The fourth-order valence-electron chi connectivity index (χ4n) is 7.03. The molecule has 3 aliphatic heterocycles. The van der Waals surface area contributed by atoms with Crippen molar-refractivity contribution in [1.29, 1.82) is 0 Å². The maximum atomic E-state index is 12.0. The molecule has 1 N–H and O–H groups in total. The lowest BCUT2D eigenvalue weighted by Crippen LogP contribution is -3.00. The number of fused-ring (bicyclic) bond motifs is 3. The van der Waals surface area contributed by atoms with E-state index in [1.807, 2.05) is 55.6 Å². The molecule has 3 heterocycles. The van der Waals surface area contributed by atoms with Crippen molar-refractivity contribution in [3.63, 3.8) is 0 Å². The highest BCUT2D eigenvalue weighted by Crippen LogP contribution is 2.44. The van der Waals surface area contributed by atoms with Gasteiger partial charge in [-0.2, -0.15) is 0 Å². The smallest absolute Gasteiger partial charge is 0.220 e. The van der Waals surface area contributed by atoms with Gasteiger partial charge in [0.1, 0.15) is 17.5 Å². The van der Waals surface area contributed by atoms with E-state index in [1.54, 1.807) is 0 Å². The van der Waals surface area contributed by atoms with Crippen molar-refractivity contribution >= 4 is 0 Å². The van der Waals surface area contributed by atoms with Crippen molar-refractivity contribution < 1.29 is 40.8 Å². The van der Waals surface area contributed by atoms with Crippen LogP contribution in [-0.2, 0) is 15.1 Å². The van der Waals surface area contributed by atoms with Crippen molar-refractivity contribution in [3.05, 3.63) is 66.2 Å². The summed E-state index contributed by atoms with van der Waals surface area (Å²) in [4.78, 5) is 0. The van der Waals surface area contributed by atoms with Gasteiger partial charge in [-0.25, -0.2) is 0 Å². The molecule has 0 radical (unpaired) electrons. The van der Waals surface area contributed by atoms with Crippen LogP contribution in [0.15, 0.2) is 60.7 Å². The first kappa shape index (κ1) is 27.6. The molecule has 0 aromatic heterocycles. The van der Waals surface area contributed by atoms with Gasteiger partial charge in [0.05, 0.1) is 32.8 Å². The number of methoxy groups -OCH3 is 1. The molecule has 0 amide bonds. The molecule has 2 bridgehead atoms. The molecule has 1 saturated carbocycles. The number of quaternary nitrogens is 1. The van der Waals surface area contributed by atoms with E-state index in [4.69, 9.17) is 14.2 Å². The number of benzene rings is 2. The Morgan fingerprint density at radius 2 is 1.56 bits per heavy atom. The maximum Gasteiger partial charge on any atom is 0.220 e. The predicted octanol–water partition coefficient (Wildman–Crippen LogP) is 2.14. The second-order valence-electron chi connectivity index (χ2n) is 10.9. The van der Waals surface area contributed by atoms with Crippen molar-refractivity contribution in [3.8, 4) is 5.75 Å². The molecule has 0 spiro atoms. The van der Waals surface area contributed by atoms with Crippen LogP contribution in [0, 0.1) is 11.8 Å². The summed E-state index contributed by atoms with van der Waals surface area (Å²) in [7, 11) is 1.84. The number of halogens is 1. The van der Waals surface area contributed by atoms with Crippen LogP contribution in [0.2, 0.25) is 0 Å². The topological polar surface area (TPSA) is 47.9 Å². The molecule has 3 atom stereocenters. The van der Waals surface area contributed by atoms with E-state index in [1.165, 1.54) is 12.8 Å². The van der Waals surface area contributed by atoms with Crippen LogP contribution in [0.1, 0.15) is 50.5 Å². The molecule has 198 valence electrons. The van der Waals surface area contributed by atoms with Crippen molar-refractivity contribution in [2.45, 2.75) is 62.9 Å². The molecule has 3 saturated heterocycles. The molecule has 1 aliphatic carbocycles. The molecule has 3 unspecified atom stereocenters. The van der Waals surface area contributed by atoms with E-state index in [-0.39, 0.29) is 35.2 Å². The number of hydrogen-bond acceptors (Lipinski definition) is 4. The monoisotopic (exact) mass is 559 g/mol. The van der Waals surface area contributed by atoms with Gasteiger partial charge in [0.15, 0.2) is 0 Å². The third-order valence-electron chi connectivity index (χ3n) is 8.98. The second kappa shape index (κ2) is 12.4. The SMILES string of the molecule is COC1C(OCC(O)(c2ccccc2)C2CCCC2)C2CC[N+]1(CCCOc1ccccc1)CC2.[Br-]. The summed E-state index contributed by atoms with van der Waals surface area (Å²) in [6, 6.07) is 20.3. The van der Waals surface area contributed by atoms with Gasteiger partial charge in [0, 0.05) is 32.3 Å². The first-order valence-electron chi connectivity index (χ1n) is 13.6. The average Bonchev–Trinajstić information content (AvgIpc) is 3.47. The summed E-state index contributed by atoms with van der Waals surface area (Å²) in [6.07, 6.45) is 7.87. The fourth-order valence-corrected chi connectivity index (χ4v) is 7.03. The third kappa shape index (κ3) is 5.68. The summed E-state index contributed by atoms with van der Waals surface area (Å²) >= 11 is 0. The minimum Gasteiger partial charge on any atom is -1.00 e. The summed E-state index contributed by atoms with van der Waals surface area (Å²) < 4.78 is 19.8. The molecule has 4 aliphatic rings. The van der Waals surface area contributed by atoms with E-state index < -0.39 is 5.60 Å². The zero-order valence-electron chi connectivity index (χ0n) is 21.6. The number of piperidine rings is 3. The van der Waals surface area contributed by atoms with E-state index in [0.29, 0.717) is 19.1 Å². The molecule has 4 fully saturated rings. The molecule has 2 aromatic carbocycles. The molecule has 5 nitrogen and oxygen atoms in total. The zero-order valence-corrected chi connectivity index (χ0v) is 23.2. The first-order chi connectivity index (χ1) is 17.1. The highest BCUT2D eigenvalue weighted by Gasteiger charge is 2.55. The normalized spacial score (nSPS) is 29.4. The van der Waals surface area contributed by atoms with Crippen LogP contribution < -0.4 is 21.7 Å². The molecule has 2 aromatic rings. The number of para-hydroxylation sites is 1. The zero-order chi connectivity index (χ0) is 24.1. The highest BCUT2D eigenvalue weighted by molar-refractivity contribution is 5.24. The minimum atomic E-state index is -0.934. The second-order valence-corrected chi connectivity index (χ2v) is 10.9. The van der Waals surface area contributed by atoms with Crippen molar-refractivity contribution in [2.24, 2.45) is 11.8 Å². The lowest BCUT2D eigenvalue weighted by molar-refractivity contribution is -0.990. The predicted molar refractivity (Wildman–Crippen MR) is 137 cm³/mol. The summed E-state index contributed by atoms with van der Waals surface area (Å²) in [5, 5.41) is 12.0. The van der Waals surface area contributed by atoms with Gasteiger partial charge in [0.25, 0.3) is 0 Å². The van der Waals surface area contributed by atoms with Gasteiger partial charge < -0.3 is 36.3 Å². The van der Waals surface area contributed by atoms with Crippen LogP contribution in [0.4, 0.5) is 0 Å². The Hall–Kier alpha value is -1.44. The average molecular weight is 561 g/mol. The quantitative estimate of drug-likeness (QED) is 0.338. The Labute approximate surface area is 227 Å². The number of ether oxygens (including phenoxy) is 3. The van der Waals surface area contributed by atoms with Gasteiger partial charge in [-0.15, -0.1) is 0 Å². The van der Waals surface area contributed by atoms with Crippen molar-refractivity contribution in [1.82, 2.24) is 0 Å². The van der Waals surface area contributed by atoms with Crippen LogP contribution in [0.25, 0.3) is 0 Å². The van der Waals surface area contributed by atoms with E-state index in [0.717, 1.165) is 67.5 Å². The molecule has 6 heteroatoms. The van der Waals surface area contributed by atoms with Gasteiger partial charge in [-0.3, -0.25) is 4.48 Å². The third-order valence-corrected chi connectivity index (χ3v) is 8.98. The highest BCUT2D eigenvalue weighted by atomic mass is 79.9. The largest absolute Gasteiger partial charge is 1.00 e. The van der Waals surface area contributed by atoms with Gasteiger partial charge >= 0.3 is 0 Å². The van der Waals surface area contributed by atoms with Crippen LogP contribution in [-0.4, -0.2) is 61.9 Å². The number of aliphatic hydroxyl groups is 1. The van der Waals surface area contributed by atoms with E-state index in [2.05, 4.69) is 12.1 Å². The van der Waals surface area contributed by atoms with Crippen LogP contribution in [0.5, 0.6) is 5.75 Å². The molecular formula is C30H42BrNO4. The number of nitrogens with zero attached hydrogens (tertiary/aromatic N) is 1.